The van der Waals surface area contributed by atoms with Crippen molar-refractivity contribution < 1.29 is 0 Å². The Labute approximate surface area is 143 Å². The normalized spacial score (nSPS) is 17.2. The fraction of sp³-hybridized carbons (Fsp3) is 0.500. The maximum Gasteiger partial charge on any atom is 0.230 e. The molecule has 24 heavy (non-hydrogen) atoms. The second kappa shape index (κ2) is 6.26. The Morgan fingerprint density at radius 1 is 1.08 bits per heavy atom. The predicted molar refractivity (Wildman–Crippen MR) is 99.2 cm³/mol. The number of nitrogens with one attached hydrogen (secondary N) is 1. The molecule has 2 atom stereocenters. The van der Waals surface area contributed by atoms with Crippen LogP contribution in [0.1, 0.15) is 29.8 Å². The highest BCUT2D eigenvalue weighted by atomic mass is 15.3. The number of fused-ring (bicyclic) bond motifs is 1. The zero-order valence-electron chi connectivity index (χ0n) is 15.3. The molecule has 2 unspecified atom stereocenters. The van der Waals surface area contributed by atoms with Crippen LogP contribution in [0.3, 0.4) is 0 Å². The van der Waals surface area contributed by atoms with Gasteiger partial charge in [-0.25, -0.2) is 0 Å². The van der Waals surface area contributed by atoms with Gasteiger partial charge in [-0.05, 0) is 32.4 Å². The third-order valence-electron chi connectivity index (χ3n) is 4.75. The van der Waals surface area contributed by atoms with Gasteiger partial charge < -0.3 is 15.1 Å². The molecule has 6 nitrogen and oxygen atoms in total. The van der Waals surface area contributed by atoms with Crippen molar-refractivity contribution in [2.75, 3.05) is 42.8 Å². The Hall–Kier alpha value is -2.37. The molecule has 1 aliphatic rings. The van der Waals surface area contributed by atoms with Gasteiger partial charge in [0.05, 0.1) is 0 Å². The topological polar surface area (TPSA) is 57.2 Å². The van der Waals surface area contributed by atoms with Gasteiger partial charge in [0.2, 0.25) is 11.9 Å². The van der Waals surface area contributed by atoms with Crippen molar-refractivity contribution in [1.29, 1.82) is 0 Å². The minimum atomic E-state index is 0.275. The maximum atomic E-state index is 4.61. The molecule has 128 valence electrons. The molecule has 1 aliphatic heterocycles. The first-order valence-electron chi connectivity index (χ1n) is 8.34. The van der Waals surface area contributed by atoms with Gasteiger partial charge in [0, 0.05) is 45.3 Å². The summed E-state index contributed by atoms with van der Waals surface area (Å²) in [6.45, 7) is 7.22. The van der Waals surface area contributed by atoms with Crippen molar-refractivity contribution in [1.82, 2.24) is 15.0 Å². The first kappa shape index (κ1) is 16.5. The second-order valence-corrected chi connectivity index (χ2v) is 6.81. The van der Waals surface area contributed by atoms with E-state index in [0.717, 1.165) is 18.3 Å². The predicted octanol–water partition coefficient (Wildman–Crippen LogP) is 2.59. The van der Waals surface area contributed by atoms with Crippen LogP contribution in [0, 0.1) is 13.8 Å². The van der Waals surface area contributed by atoms with Crippen molar-refractivity contribution in [2.45, 2.75) is 32.7 Å². The van der Waals surface area contributed by atoms with E-state index in [4.69, 9.17) is 0 Å². The van der Waals surface area contributed by atoms with Crippen molar-refractivity contribution in [2.24, 2.45) is 0 Å². The smallest absolute Gasteiger partial charge is 0.230 e. The van der Waals surface area contributed by atoms with Gasteiger partial charge in [0.25, 0.3) is 0 Å². The average molecular weight is 326 g/mol. The number of hydrogen-bond donors (Lipinski definition) is 1. The summed E-state index contributed by atoms with van der Waals surface area (Å²) in [5.41, 5.74) is 3.92. The van der Waals surface area contributed by atoms with Crippen LogP contribution in [-0.2, 0) is 0 Å². The SMILES string of the molecule is Cc1ccc2c(c1)C(C(C)N(C)c1nc(C)nc(N(C)C)n1)CN2. The molecule has 0 amide bonds. The summed E-state index contributed by atoms with van der Waals surface area (Å²) in [5.74, 6) is 2.56. The Morgan fingerprint density at radius 2 is 1.79 bits per heavy atom. The lowest BCUT2D eigenvalue weighted by atomic mass is 9.92. The van der Waals surface area contributed by atoms with Gasteiger partial charge in [-0.1, -0.05) is 17.7 Å². The second-order valence-electron chi connectivity index (χ2n) is 6.81. The van der Waals surface area contributed by atoms with Crippen LogP contribution in [0.25, 0.3) is 0 Å². The highest BCUT2D eigenvalue weighted by Crippen LogP contribution is 2.36. The first-order chi connectivity index (χ1) is 11.4. The molecule has 0 bridgehead atoms. The number of aryl methyl sites for hydroxylation is 2. The van der Waals surface area contributed by atoms with Crippen LogP contribution in [0.4, 0.5) is 17.6 Å². The van der Waals surface area contributed by atoms with E-state index >= 15 is 0 Å². The van der Waals surface area contributed by atoms with E-state index in [0.29, 0.717) is 11.9 Å². The zero-order valence-corrected chi connectivity index (χ0v) is 15.3. The Bertz CT molecular complexity index is 742. The number of aromatic nitrogens is 3. The van der Waals surface area contributed by atoms with E-state index in [1.165, 1.54) is 16.8 Å². The molecule has 0 spiro atoms. The lowest BCUT2D eigenvalue weighted by molar-refractivity contribution is 0.567. The van der Waals surface area contributed by atoms with E-state index < -0.39 is 0 Å². The first-order valence-corrected chi connectivity index (χ1v) is 8.34. The third-order valence-corrected chi connectivity index (χ3v) is 4.75. The number of hydrogen-bond acceptors (Lipinski definition) is 6. The van der Waals surface area contributed by atoms with Crippen molar-refractivity contribution >= 4 is 17.6 Å². The standard InChI is InChI=1S/C18H26N6/c1-11-7-8-16-14(9-11)15(10-19-16)12(2)24(6)18-21-13(3)20-17(22-18)23(4)5/h7-9,12,15,19H,10H2,1-6H3. The molecular weight excluding hydrogens is 300 g/mol. The minimum absolute atomic E-state index is 0.275. The van der Waals surface area contributed by atoms with Crippen LogP contribution in [0.15, 0.2) is 18.2 Å². The molecule has 1 aromatic carbocycles. The van der Waals surface area contributed by atoms with Gasteiger partial charge in [-0.15, -0.1) is 0 Å². The molecule has 2 heterocycles. The highest BCUT2D eigenvalue weighted by molar-refractivity contribution is 5.60. The van der Waals surface area contributed by atoms with E-state index in [1.807, 2.05) is 25.9 Å². The number of likely N-dealkylation sites (N-methyl/N-ethyl adjacent to an activating group) is 1. The average Bonchev–Trinajstić information content (AvgIpc) is 2.95. The molecule has 0 saturated carbocycles. The van der Waals surface area contributed by atoms with E-state index in [-0.39, 0.29) is 6.04 Å². The van der Waals surface area contributed by atoms with Crippen LogP contribution in [-0.4, -0.2) is 48.7 Å². The monoisotopic (exact) mass is 326 g/mol. The quantitative estimate of drug-likeness (QED) is 0.932. The fourth-order valence-electron chi connectivity index (χ4n) is 3.17. The van der Waals surface area contributed by atoms with Crippen LogP contribution in [0.5, 0.6) is 0 Å². The minimum Gasteiger partial charge on any atom is -0.384 e. The van der Waals surface area contributed by atoms with Crippen molar-refractivity contribution in [3.8, 4) is 0 Å². The number of nitrogens with zero attached hydrogens (tertiary/aromatic N) is 5. The van der Waals surface area contributed by atoms with E-state index in [9.17, 15) is 0 Å². The lowest BCUT2D eigenvalue weighted by Crippen LogP contribution is -2.37. The molecule has 0 fully saturated rings. The molecule has 3 rings (SSSR count). The van der Waals surface area contributed by atoms with Crippen molar-refractivity contribution in [3.05, 3.63) is 35.2 Å². The summed E-state index contributed by atoms with van der Waals surface area (Å²) < 4.78 is 0. The number of rotatable bonds is 4. The van der Waals surface area contributed by atoms with Gasteiger partial charge in [-0.2, -0.15) is 15.0 Å². The summed E-state index contributed by atoms with van der Waals surface area (Å²) in [6.07, 6.45) is 0. The van der Waals surface area contributed by atoms with Crippen LogP contribution in [0.2, 0.25) is 0 Å². The third kappa shape index (κ3) is 3.00. The van der Waals surface area contributed by atoms with Gasteiger partial charge in [-0.3, -0.25) is 0 Å². The summed E-state index contributed by atoms with van der Waals surface area (Å²) in [6, 6.07) is 6.89. The molecule has 0 aliphatic carbocycles. The summed E-state index contributed by atoms with van der Waals surface area (Å²) in [7, 11) is 5.95. The Kier molecular flexibility index (Phi) is 4.30. The van der Waals surface area contributed by atoms with Crippen molar-refractivity contribution in [3.63, 3.8) is 0 Å². The molecular formula is C18H26N6. The number of benzene rings is 1. The maximum absolute atomic E-state index is 4.61. The van der Waals surface area contributed by atoms with E-state index in [1.54, 1.807) is 0 Å². The number of anilines is 3. The van der Waals surface area contributed by atoms with Gasteiger partial charge in [0.15, 0.2) is 0 Å². The largest absolute Gasteiger partial charge is 0.384 e. The van der Waals surface area contributed by atoms with Crippen LogP contribution < -0.4 is 15.1 Å². The fourth-order valence-corrected chi connectivity index (χ4v) is 3.17. The molecule has 0 saturated heterocycles. The molecule has 6 heteroatoms. The summed E-state index contributed by atoms with van der Waals surface area (Å²) >= 11 is 0. The van der Waals surface area contributed by atoms with Gasteiger partial charge >= 0.3 is 0 Å². The zero-order chi connectivity index (χ0) is 17.4. The Morgan fingerprint density at radius 3 is 2.50 bits per heavy atom. The molecule has 0 radical (unpaired) electrons. The summed E-state index contributed by atoms with van der Waals surface area (Å²) in [4.78, 5) is 17.6. The van der Waals surface area contributed by atoms with E-state index in [2.05, 4.69) is 64.3 Å². The summed E-state index contributed by atoms with van der Waals surface area (Å²) in [5, 5.41) is 3.52. The molecule has 1 N–H and O–H groups in total. The Balaban J connectivity index is 1.89. The molecule has 2 aromatic rings. The van der Waals surface area contributed by atoms with Gasteiger partial charge in [0.1, 0.15) is 5.82 Å². The lowest BCUT2D eigenvalue weighted by Gasteiger charge is -2.30. The highest BCUT2D eigenvalue weighted by Gasteiger charge is 2.30. The molecule has 1 aromatic heterocycles. The van der Waals surface area contributed by atoms with Crippen LogP contribution >= 0.6 is 0 Å².